The lowest BCUT2D eigenvalue weighted by Gasteiger charge is -2.33. The van der Waals surface area contributed by atoms with Gasteiger partial charge in [0.15, 0.2) is 5.96 Å². The summed E-state index contributed by atoms with van der Waals surface area (Å²) in [4.78, 5) is 11.1. The molecule has 1 saturated heterocycles. The highest BCUT2D eigenvalue weighted by molar-refractivity contribution is 14.0. The van der Waals surface area contributed by atoms with Crippen molar-refractivity contribution in [2.75, 3.05) is 33.8 Å². The minimum absolute atomic E-state index is 0. The van der Waals surface area contributed by atoms with Crippen LogP contribution < -0.4 is 15.4 Å². The van der Waals surface area contributed by atoms with Gasteiger partial charge in [-0.25, -0.2) is 4.98 Å². The molecule has 1 fully saturated rings. The van der Waals surface area contributed by atoms with Crippen LogP contribution in [0.25, 0.3) is 0 Å². The summed E-state index contributed by atoms with van der Waals surface area (Å²) in [6.07, 6.45) is 7.02. The molecule has 1 unspecified atom stereocenters. The fourth-order valence-corrected chi connectivity index (χ4v) is 3.02. The van der Waals surface area contributed by atoms with Crippen LogP contribution in [0.5, 0.6) is 5.88 Å². The van der Waals surface area contributed by atoms with Gasteiger partial charge in [-0.2, -0.15) is 0 Å². The van der Waals surface area contributed by atoms with Gasteiger partial charge in [0.25, 0.3) is 0 Å². The van der Waals surface area contributed by atoms with Crippen LogP contribution in [0.2, 0.25) is 0 Å². The molecular formula is C18H32IN5O. The first-order valence-electron chi connectivity index (χ1n) is 8.90. The van der Waals surface area contributed by atoms with Gasteiger partial charge in [-0.1, -0.05) is 12.5 Å². The Morgan fingerprint density at radius 2 is 2.20 bits per heavy atom. The molecule has 1 aliphatic heterocycles. The third kappa shape index (κ3) is 7.77. The first-order valence-corrected chi connectivity index (χ1v) is 8.90. The molecule has 1 aromatic rings. The summed E-state index contributed by atoms with van der Waals surface area (Å²) in [5.41, 5.74) is 1.10. The number of aliphatic imine (C=N–C) groups is 1. The number of nitrogens with one attached hydrogen (secondary N) is 2. The summed E-state index contributed by atoms with van der Waals surface area (Å²) in [7, 11) is 3.42. The summed E-state index contributed by atoms with van der Waals surface area (Å²) in [5.74, 6) is 1.46. The molecule has 0 aliphatic carbocycles. The molecule has 142 valence electrons. The smallest absolute Gasteiger partial charge is 0.212 e. The lowest BCUT2D eigenvalue weighted by molar-refractivity contribution is 0.159. The third-order valence-corrected chi connectivity index (χ3v) is 4.55. The highest BCUT2D eigenvalue weighted by Gasteiger charge is 2.17. The van der Waals surface area contributed by atoms with Crippen LogP contribution in [0.15, 0.2) is 23.3 Å². The second kappa shape index (κ2) is 12.3. The van der Waals surface area contributed by atoms with E-state index < -0.39 is 0 Å². The number of rotatable bonds is 7. The zero-order valence-corrected chi connectivity index (χ0v) is 18.0. The van der Waals surface area contributed by atoms with Gasteiger partial charge in [0.1, 0.15) is 0 Å². The van der Waals surface area contributed by atoms with Crippen molar-refractivity contribution >= 4 is 29.9 Å². The van der Waals surface area contributed by atoms with E-state index in [1.807, 2.05) is 18.3 Å². The van der Waals surface area contributed by atoms with Crippen molar-refractivity contribution in [3.8, 4) is 5.88 Å². The largest absolute Gasteiger partial charge is 0.481 e. The Balaban J connectivity index is 0.00000312. The quantitative estimate of drug-likeness (QED) is 0.283. The Bertz CT molecular complexity index is 509. The first-order chi connectivity index (χ1) is 11.7. The number of nitrogens with zero attached hydrogens (tertiary/aromatic N) is 3. The van der Waals surface area contributed by atoms with Crippen molar-refractivity contribution in [2.24, 2.45) is 4.99 Å². The molecule has 2 heterocycles. The number of ether oxygens (including phenoxy) is 1. The third-order valence-electron chi connectivity index (χ3n) is 4.55. The molecule has 25 heavy (non-hydrogen) atoms. The molecule has 6 nitrogen and oxygen atoms in total. The average molecular weight is 461 g/mol. The van der Waals surface area contributed by atoms with E-state index in [1.54, 1.807) is 14.2 Å². The highest BCUT2D eigenvalue weighted by atomic mass is 127. The molecule has 7 heteroatoms. The summed E-state index contributed by atoms with van der Waals surface area (Å²) in [6.45, 7) is 6.38. The number of hydrogen-bond donors (Lipinski definition) is 2. The lowest BCUT2D eigenvalue weighted by Crippen LogP contribution is -2.41. The van der Waals surface area contributed by atoms with Gasteiger partial charge in [-0.15, -0.1) is 24.0 Å². The van der Waals surface area contributed by atoms with E-state index in [9.17, 15) is 0 Å². The topological polar surface area (TPSA) is 61.8 Å². The van der Waals surface area contributed by atoms with E-state index in [0.717, 1.165) is 37.1 Å². The number of piperidine rings is 1. The molecule has 0 bridgehead atoms. The van der Waals surface area contributed by atoms with E-state index in [2.05, 4.69) is 32.4 Å². The van der Waals surface area contributed by atoms with Gasteiger partial charge in [0.05, 0.1) is 7.11 Å². The first kappa shape index (κ1) is 22.0. The normalized spacial score (nSPS) is 18.4. The van der Waals surface area contributed by atoms with E-state index >= 15 is 0 Å². The van der Waals surface area contributed by atoms with Crippen molar-refractivity contribution in [3.63, 3.8) is 0 Å². The summed E-state index contributed by atoms with van der Waals surface area (Å²) < 4.78 is 5.07. The molecule has 0 amide bonds. The van der Waals surface area contributed by atoms with Crippen LogP contribution in [-0.4, -0.2) is 55.7 Å². The van der Waals surface area contributed by atoms with Crippen LogP contribution >= 0.6 is 24.0 Å². The minimum Gasteiger partial charge on any atom is -0.481 e. The van der Waals surface area contributed by atoms with E-state index in [4.69, 9.17) is 4.74 Å². The van der Waals surface area contributed by atoms with Gasteiger partial charge in [0.2, 0.25) is 5.88 Å². The van der Waals surface area contributed by atoms with Crippen LogP contribution in [0.3, 0.4) is 0 Å². The zero-order chi connectivity index (χ0) is 17.2. The molecule has 0 aromatic carbocycles. The summed E-state index contributed by atoms with van der Waals surface area (Å²) >= 11 is 0. The molecule has 0 radical (unpaired) electrons. The SMILES string of the molecule is CN=C(NCCCN1CCCCC1C)NCc1ccc(OC)nc1.I. The Labute approximate surface area is 168 Å². The maximum atomic E-state index is 5.07. The minimum atomic E-state index is 0. The molecule has 0 spiro atoms. The van der Waals surface area contributed by atoms with Crippen LogP contribution in [0.4, 0.5) is 0 Å². The van der Waals surface area contributed by atoms with Gasteiger partial charge >= 0.3 is 0 Å². The van der Waals surface area contributed by atoms with Gasteiger partial charge in [0, 0.05) is 45.0 Å². The Morgan fingerprint density at radius 3 is 2.84 bits per heavy atom. The monoisotopic (exact) mass is 461 g/mol. The molecular weight excluding hydrogens is 429 g/mol. The molecule has 2 N–H and O–H groups in total. The molecule has 1 aromatic heterocycles. The van der Waals surface area contributed by atoms with Crippen LogP contribution in [-0.2, 0) is 6.54 Å². The maximum Gasteiger partial charge on any atom is 0.212 e. The number of aromatic nitrogens is 1. The number of hydrogen-bond acceptors (Lipinski definition) is 4. The molecule has 2 rings (SSSR count). The van der Waals surface area contributed by atoms with Crippen molar-refractivity contribution < 1.29 is 4.74 Å². The number of guanidine groups is 1. The fourth-order valence-electron chi connectivity index (χ4n) is 3.02. The number of halogens is 1. The average Bonchev–Trinajstić information content (AvgIpc) is 2.63. The number of pyridine rings is 1. The Hall–Kier alpha value is -1.09. The predicted octanol–water partition coefficient (Wildman–Crippen LogP) is 2.64. The van der Waals surface area contributed by atoms with Crippen molar-refractivity contribution in [1.29, 1.82) is 0 Å². The Kier molecular flexibility index (Phi) is 10.8. The van der Waals surface area contributed by atoms with E-state index in [0.29, 0.717) is 12.4 Å². The lowest BCUT2D eigenvalue weighted by atomic mass is 10.0. The van der Waals surface area contributed by atoms with Gasteiger partial charge < -0.3 is 20.3 Å². The standard InChI is InChI=1S/C18H31N5O.HI/c1-15-7-4-5-11-23(15)12-6-10-20-18(19-2)22-14-16-8-9-17(24-3)21-13-16;/h8-9,13,15H,4-7,10-12,14H2,1-3H3,(H2,19,20,22);1H. The molecule has 1 atom stereocenters. The van der Waals surface area contributed by atoms with Gasteiger partial charge in [-0.05, 0) is 38.3 Å². The van der Waals surface area contributed by atoms with Crippen molar-refractivity contribution in [2.45, 2.75) is 45.2 Å². The molecule has 0 saturated carbocycles. The second-order valence-electron chi connectivity index (χ2n) is 6.30. The van der Waals surface area contributed by atoms with Crippen LogP contribution in [0.1, 0.15) is 38.2 Å². The summed E-state index contributed by atoms with van der Waals surface area (Å²) in [5, 5.41) is 6.70. The summed E-state index contributed by atoms with van der Waals surface area (Å²) in [6, 6.07) is 4.61. The Morgan fingerprint density at radius 1 is 1.36 bits per heavy atom. The number of likely N-dealkylation sites (tertiary alicyclic amines) is 1. The maximum absolute atomic E-state index is 5.07. The van der Waals surface area contributed by atoms with Crippen molar-refractivity contribution in [3.05, 3.63) is 23.9 Å². The van der Waals surface area contributed by atoms with E-state index in [1.165, 1.54) is 25.8 Å². The van der Waals surface area contributed by atoms with Crippen molar-refractivity contribution in [1.82, 2.24) is 20.5 Å². The fraction of sp³-hybridized carbons (Fsp3) is 0.667. The van der Waals surface area contributed by atoms with E-state index in [-0.39, 0.29) is 24.0 Å². The van der Waals surface area contributed by atoms with Crippen LogP contribution in [0, 0.1) is 0 Å². The highest BCUT2D eigenvalue weighted by Crippen LogP contribution is 2.16. The predicted molar refractivity (Wildman–Crippen MR) is 114 cm³/mol. The zero-order valence-electron chi connectivity index (χ0n) is 15.6. The molecule has 1 aliphatic rings. The number of methoxy groups -OCH3 is 1. The van der Waals surface area contributed by atoms with Gasteiger partial charge in [-0.3, -0.25) is 4.99 Å². The second-order valence-corrected chi connectivity index (χ2v) is 6.30.